The molecule has 10 heavy (non-hydrogen) atoms. The molecule has 0 aromatic rings. The fraction of sp³-hybridized carbons (Fsp3) is 0.375. The zero-order valence-electron chi connectivity index (χ0n) is 6.03. The summed E-state index contributed by atoms with van der Waals surface area (Å²) in [6.07, 6.45) is 7.19. The van der Waals surface area contributed by atoms with Crippen LogP contribution in [0.25, 0.3) is 0 Å². The smallest absolute Gasteiger partial charge is 0.122 e. The van der Waals surface area contributed by atoms with Crippen molar-refractivity contribution in [1.29, 1.82) is 0 Å². The molecular weight excluding hydrogens is 128 g/mol. The summed E-state index contributed by atoms with van der Waals surface area (Å²) in [7, 11) is 0. The van der Waals surface area contributed by atoms with Gasteiger partial charge in [-0.2, -0.15) is 0 Å². The van der Waals surface area contributed by atoms with Crippen LogP contribution in [0.15, 0.2) is 24.3 Å². The molecule has 0 aliphatic rings. The number of hydrogen-bond donors (Lipinski definition) is 1. The summed E-state index contributed by atoms with van der Waals surface area (Å²) >= 11 is 0. The maximum Gasteiger partial charge on any atom is 0.122 e. The van der Waals surface area contributed by atoms with Crippen LogP contribution >= 0.6 is 0 Å². The fourth-order valence-corrected chi connectivity index (χ4v) is 0.481. The number of allylic oxidation sites excluding steroid dienone is 3. The van der Waals surface area contributed by atoms with Crippen molar-refractivity contribution in [2.45, 2.75) is 19.4 Å². The molecule has 0 aromatic carbocycles. The van der Waals surface area contributed by atoms with E-state index in [0.29, 0.717) is 6.29 Å². The van der Waals surface area contributed by atoms with E-state index in [1.165, 1.54) is 0 Å². The van der Waals surface area contributed by atoms with Crippen molar-refractivity contribution >= 4 is 6.29 Å². The maximum absolute atomic E-state index is 9.84. The molecule has 0 spiro atoms. The largest absolute Gasteiger partial charge is 0.389 e. The lowest BCUT2D eigenvalue weighted by Crippen LogP contribution is -2.01. The molecule has 0 bridgehead atoms. The monoisotopic (exact) mass is 140 g/mol. The number of aldehydes is 1. The summed E-state index contributed by atoms with van der Waals surface area (Å²) in [5.74, 6) is 0. The first-order chi connectivity index (χ1) is 4.81. The van der Waals surface area contributed by atoms with Gasteiger partial charge in [0.15, 0.2) is 0 Å². The summed E-state index contributed by atoms with van der Waals surface area (Å²) in [5.41, 5.74) is 0. The lowest BCUT2D eigenvalue weighted by molar-refractivity contribution is -0.109. The number of rotatable bonds is 4. The Kier molecular flexibility index (Phi) is 5.68. The average molecular weight is 140 g/mol. The summed E-state index contributed by atoms with van der Waals surface area (Å²) in [5, 5.41) is 8.92. The van der Waals surface area contributed by atoms with E-state index in [-0.39, 0.29) is 6.42 Å². The summed E-state index contributed by atoms with van der Waals surface area (Å²) in [4.78, 5) is 9.84. The Morgan fingerprint density at radius 3 is 2.70 bits per heavy atom. The van der Waals surface area contributed by atoms with E-state index in [0.717, 1.165) is 0 Å². The minimum Gasteiger partial charge on any atom is -0.389 e. The molecular formula is C8H12O2. The van der Waals surface area contributed by atoms with Gasteiger partial charge in [-0.05, 0) is 6.92 Å². The topological polar surface area (TPSA) is 37.3 Å². The molecule has 0 aliphatic heterocycles. The van der Waals surface area contributed by atoms with Gasteiger partial charge in [0.25, 0.3) is 0 Å². The van der Waals surface area contributed by atoms with Gasteiger partial charge >= 0.3 is 0 Å². The average Bonchev–Trinajstić information content (AvgIpc) is 1.89. The van der Waals surface area contributed by atoms with E-state index >= 15 is 0 Å². The summed E-state index contributed by atoms with van der Waals surface area (Å²) in [6.45, 7) is 1.89. The molecule has 0 aromatic heterocycles. The van der Waals surface area contributed by atoms with E-state index in [1.807, 2.05) is 13.0 Å². The predicted octanol–water partition coefficient (Wildman–Crippen LogP) is 1.07. The molecule has 0 aliphatic carbocycles. The second kappa shape index (κ2) is 6.23. The normalized spacial score (nSPS) is 14.6. The van der Waals surface area contributed by atoms with Gasteiger partial charge in [-0.1, -0.05) is 24.3 Å². The van der Waals surface area contributed by atoms with Crippen LogP contribution in [-0.2, 0) is 4.79 Å². The second-order valence-corrected chi connectivity index (χ2v) is 1.88. The number of aliphatic hydroxyl groups is 1. The molecule has 0 fully saturated rings. The Morgan fingerprint density at radius 1 is 1.50 bits per heavy atom. The zero-order chi connectivity index (χ0) is 7.82. The third-order valence-corrected chi connectivity index (χ3v) is 0.975. The summed E-state index contributed by atoms with van der Waals surface area (Å²) in [6, 6.07) is 0. The molecule has 0 rings (SSSR count). The second-order valence-electron chi connectivity index (χ2n) is 1.88. The van der Waals surface area contributed by atoms with Crippen LogP contribution < -0.4 is 0 Å². The van der Waals surface area contributed by atoms with Gasteiger partial charge < -0.3 is 9.90 Å². The molecule has 0 saturated heterocycles. The van der Waals surface area contributed by atoms with E-state index in [4.69, 9.17) is 5.11 Å². The quantitative estimate of drug-likeness (QED) is 0.468. The fourth-order valence-electron chi connectivity index (χ4n) is 0.481. The maximum atomic E-state index is 9.84. The highest BCUT2D eigenvalue weighted by Crippen LogP contribution is 1.89. The minimum atomic E-state index is -0.631. The van der Waals surface area contributed by atoms with E-state index in [2.05, 4.69) is 0 Å². The third-order valence-electron chi connectivity index (χ3n) is 0.975. The molecule has 1 N–H and O–H groups in total. The van der Waals surface area contributed by atoms with Crippen LogP contribution in [0, 0.1) is 0 Å². The van der Waals surface area contributed by atoms with E-state index in [9.17, 15) is 4.79 Å². The minimum absolute atomic E-state index is 0.175. The Balaban J connectivity index is 3.54. The Hall–Kier alpha value is -0.890. The Bertz CT molecular complexity index is 136. The highest BCUT2D eigenvalue weighted by atomic mass is 16.3. The predicted molar refractivity (Wildman–Crippen MR) is 40.6 cm³/mol. The first-order valence-corrected chi connectivity index (χ1v) is 3.22. The van der Waals surface area contributed by atoms with Crippen molar-refractivity contribution < 1.29 is 9.90 Å². The van der Waals surface area contributed by atoms with Crippen molar-refractivity contribution in [1.82, 2.24) is 0 Å². The van der Waals surface area contributed by atoms with Crippen molar-refractivity contribution in [3.05, 3.63) is 24.3 Å². The molecule has 2 nitrogen and oxygen atoms in total. The summed E-state index contributed by atoms with van der Waals surface area (Å²) < 4.78 is 0. The highest BCUT2D eigenvalue weighted by Gasteiger charge is 1.93. The van der Waals surface area contributed by atoms with Crippen molar-refractivity contribution in [2.24, 2.45) is 0 Å². The van der Waals surface area contributed by atoms with Gasteiger partial charge in [-0.15, -0.1) is 0 Å². The van der Waals surface area contributed by atoms with Crippen LogP contribution in [0.3, 0.4) is 0 Å². The van der Waals surface area contributed by atoms with Crippen LogP contribution in [0.2, 0.25) is 0 Å². The molecule has 56 valence electrons. The third kappa shape index (κ3) is 5.25. The lowest BCUT2D eigenvalue weighted by Gasteiger charge is -1.95. The molecule has 1 atom stereocenters. The first-order valence-electron chi connectivity index (χ1n) is 3.22. The SMILES string of the molecule is C/C=C/C=C/C(O)CC=O. The van der Waals surface area contributed by atoms with Crippen LogP contribution in [0.5, 0.6) is 0 Å². The van der Waals surface area contributed by atoms with Crippen LogP contribution in [-0.4, -0.2) is 17.5 Å². The van der Waals surface area contributed by atoms with Crippen molar-refractivity contribution in [3.8, 4) is 0 Å². The first kappa shape index (κ1) is 9.11. The molecule has 1 unspecified atom stereocenters. The Labute approximate surface area is 60.9 Å². The highest BCUT2D eigenvalue weighted by molar-refractivity contribution is 5.50. The zero-order valence-corrected chi connectivity index (χ0v) is 6.03. The van der Waals surface area contributed by atoms with E-state index < -0.39 is 6.10 Å². The van der Waals surface area contributed by atoms with Gasteiger partial charge in [0.1, 0.15) is 6.29 Å². The lowest BCUT2D eigenvalue weighted by atomic mass is 10.2. The van der Waals surface area contributed by atoms with Gasteiger partial charge in [0.05, 0.1) is 6.10 Å². The van der Waals surface area contributed by atoms with E-state index in [1.54, 1.807) is 18.2 Å². The van der Waals surface area contributed by atoms with Gasteiger partial charge in [0.2, 0.25) is 0 Å². The van der Waals surface area contributed by atoms with Gasteiger partial charge in [0, 0.05) is 6.42 Å². The van der Waals surface area contributed by atoms with Gasteiger partial charge in [-0.3, -0.25) is 0 Å². The molecule has 2 heteroatoms. The number of carbonyl (C=O) groups excluding carboxylic acids is 1. The number of hydrogen-bond acceptors (Lipinski definition) is 2. The molecule has 0 amide bonds. The van der Waals surface area contributed by atoms with Crippen LogP contribution in [0.4, 0.5) is 0 Å². The van der Waals surface area contributed by atoms with Gasteiger partial charge in [-0.25, -0.2) is 0 Å². The standard InChI is InChI=1S/C8H12O2/c1-2-3-4-5-8(10)6-7-9/h2-5,7-8,10H,6H2,1H3/b3-2+,5-4+. The Morgan fingerprint density at radius 2 is 2.20 bits per heavy atom. The van der Waals surface area contributed by atoms with Crippen LogP contribution in [0.1, 0.15) is 13.3 Å². The number of aliphatic hydroxyl groups excluding tert-OH is 1. The molecule has 0 radical (unpaired) electrons. The molecule has 0 heterocycles. The molecule has 0 saturated carbocycles. The number of carbonyl (C=O) groups is 1. The van der Waals surface area contributed by atoms with Crippen molar-refractivity contribution in [3.63, 3.8) is 0 Å². The van der Waals surface area contributed by atoms with Crippen molar-refractivity contribution in [2.75, 3.05) is 0 Å².